The zero-order valence-electron chi connectivity index (χ0n) is 11.5. The molecular formula is C13H17Cl2N3O3. The molecule has 2 rings (SSSR count). The molecule has 8 heteroatoms. The van der Waals surface area contributed by atoms with Crippen molar-refractivity contribution in [1.29, 1.82) is 0 Å². The number of likely N-dealkylation sites (tertiary alicyclic amines) is 1. The van der Waals surface area contributed by atoms with Crippen LogP contribution in [0.25, 0.3) is 0 Å². The van der Waals surface area contributed by atoms with E-state index in [1.54, 1.807) is 4.90 Å². The number of halogens is 2. The maximum Gasteiger partial charge on any atom is 0.271 e. The standard InChI is InChI=1S/C13H16ClN3O3.ClH/c1-13(7-15)2-3-16(8-13)12(18)9-4-10(14)6-11(5-9)17(19)20;/h4-6H,2-3,7-8,15H2,1H3;1H. The Hall–Kier alpha value is -1.37. The first-order valence-corrected chi connectivity index (χ1v) is 6.67. The Labute approximate surface area is 133 Å². The molecule has 116 valence electrons. The number of hydrogen-bond donors (Lipinski definition) is 1. The Bertz CT molecular complexity index is 568. The Morgan fingerprint density at radius 3 is 2.71 bits per heavy atom. The van der Waals surface area contributed by atoms with Crippen LogP contribution in [-0.4, -0.2) is 35.4 Å². The highest BCUT2D eigenvalue weighted by Crippen LogP contribution is 2.30. The van der Waals surface area contributed by atoms with Gasteiger partial charge in [-0.3, -0.25) is 14.9 Å². The number of nitrogens with zero attached hydrogens (tertiary/aromatic N) is 2. The molecule has 0 spiro atoms. The lowest BCUT2D eigenvalue weighted by Gasteiger charge is -2.22. The normalized spacial score (nSPS) is 21.0. The van der Waals surface area contributed by atoms with E-state index < -0.39 is 4.92 Å². The highest BCUT2D eigenvalue weighted by atomic mass is 35.5. The molecule has 1 fully saturated rings. The summed E-state index contributed by atoms with van der Waals surface area (Å²) in [6, 6.07) is 3.94. The van der Waals surface area contributed by atoms with Crippen LogP contribution in [0.5, 0.6) is 0 Å². The molecule has 1 aliphatic heterocycles. The summed E-state index contributed by atoms with van der Waals surface area (Å²) in [6.07, 6.45) is 0.831. The number of nitro groups is 1. The second kappa shape index (κ2) is 6.60. The number of benzene rings is 1. The SMILES string of the molecule is CC1(CN)CCN(C(=O)c2cc(Cl)cc([N+](=O)[O-])c2)C1.Cl. The molecule has 21 heavy (non-hydrogen) atoms. The summed E-state index contributed by atoms with van der Waals surface area (Å²) in [5, 5.41) is 11.0. The summed E-state index contributed by atoms with van der Waals surface area (Å²) in [5.41, 5.74) is 5.69. The summed E-state index contributed by atoms with van der Waals surface area (Å²) in [7, 11) is 0. The maximum atomic E-state index is 12.4. The monoisotopic (exact) mass is 333 g/mol. The molecule has 1 saturated heterocycles. The van der Waals surface area contributed by atoms with Gasteiger partial charge in [-0.25, -0.2) is 0 Å². The van der Waals surface area contributed by atoms with Crippen molar-refractivity contribution in [2.24, 2.45) is 11.1 Å². The van der Waals surface area contributed by atoms with Gasteiger partial charge >= 0.3 is 0 Å². The first-order chi connectivity index (χ1) is 9.34. The van der Waals surface area contributed by atoms with Crippen LogP contribution in [0.2, 0.25) is 5.02 Å². The van der Waals surface area contributed by atoms with Gasteiger partial charge in [0.15, 0.2) is 0 Å². The number of carbonyl (C=O) groups excluding carboxylic acids is 1. The smallest absolute Gasteiger partial charge is 0.271 e. The fourth-order valence-electron chi connectivity index (χ4n) is 2.35. The van der Waals surface area contributed by atoms with Crippen LogP contribution in [-0.2, 0) is 0 Å². The fraction of sp³-hybridized carbons (Fsp3) is 0.462. The van der Waals surface area contributed by atoms with Gasteiger partial charge in [0, 0.05) is 35.8 Å². The maximum absolute atomic E-state index is 12.4. The van der Waals surface area contributed by atoms with E-state index in [1.165, 1.54) is 18.2 Å². The highest BCUT2D eigenvalue weighted by molar-refractivity contribution is 6.31. The topological polar surface area (TPSA) is 89.5 Å². The molecule has 0 saturated carbocycles. The van der Waals surface area contributed by atoms with Crippen molar-refractivity contribution in [2.45, 2.75) is 13.3 Å². The average Bonchev–Trinajstić information content (AvgIpc) is 2.80. The van der Waals surface area contributed by atoms with Gasteiger partial charge in [0.1, 0.15) is 0 Å². The molecule has 1 unspecified atom stereocenters. The molecule has 6 nitrogen and oxygen atoms in total. The Kier molecular flexibility index (Phi) is 5.55. The van der Waals surface area contributed by atoms with Gasteiger partial charge in [-0.1, -0.05) is 18.5 Å². The van der Waals surface area contributed by atoms with E-state index in [0.29, 0.717) is 19.6 Å². The van der Waals surface area contributed by atoms with Gasteiger partial charge < -0.3 is 10.6 Å². The summed E-state index contributed by atoms with van der Waals surface area (Å²) >= 11 is 5.83. The van der Waals surface area contributed by atoms with Crippen molar-refractivity contribution in [3.63, 3.8) is 0 Å². The van der Waals surface area contributed by atoms with Crippen molar-refractivity contribution in [3.05, 3.63) is 38.9 Å². The van der Waals surface area contributed by atoms with Crippen molar-refractivity contribution in [1.82, 2.24) is 4.90 Å². The molecule has 0 bridgehead atoms. The predicted octanol–water partition coefficient (Wildman–Crippen LogP) is 2.48. The van der Waals surface area contributed by atoms with Crippen LogP contribution in [0.15, 0.2) is 18.2 Å². The minimum atomic E-state index is -0.559. The molecular weight excluding hydrogens is 317 g/mol. The number of nitrogens with two attached hydrogens (primary N) is 1. The third-order valence-corrected chi connectivity index (χ3v) is 3.90. The van der Waals surface area contributed by atoms with E-state index in [0.717, 1.165) is 6.42 Å². The van der Waals surface area contributed by atoms with Crippen molar-refractivity contribution >= 4 is 35.6 Å². The second-order valence-corrected chi connectivity index (χ2v) is 5.88. The number of carbonyl (C=O) groups is 1. The summed E-state index contributed by atoms with van der Waals surface area (Å²) < 4.78 is 0. The van der Waals surface area contributed by atoms with Crippen LogP contribution in [0, 0.1) is 15.5 Å². The van der Waals surface area contributed by atoms with Gasteiger partial charge in [0.2, 0.25) is 0 Å². The largest absolute Gasteiger partial charge is 0.338 e. The molecule has 1 amide bonds. The van der Waals surface area contributed by atoms with Gasteiger partial charge in [0.25, 0.3) is 11.6 Å². The molecule has 1 aromatic carbocycles. The lowest BCUT2D eigenvalue weighted by atomic mass is 9.90. The van der Waals surface area contributed by atoms with Crippen LogP contribution in [0.1, 0.15) is 23.7 Å². The highest BCUT2D eigenvalue weighted by Gasteiger charge is 2.35. The number of hydrogen-bond acceptors (Lipinski definition) is 4. The molecule has 0 radical (unpaired) electrons. The Morgan fingerprint density at radius 1 is 1.52 bits per heavy atom. The van der Waals surface area contributed by atoms with Crippen molar-refractivity contribution in [3.8, 4) is 0 Å². The lowest BCUT2D eigenvalue weighted by Crippen LogP contribution is -2.34. The third-order valence-electron chi connectivity index (χ3n) is 3.68. The fourth-order valence-corrected chi connectivity index (χ4v) is 2.58. The predicted molar refractivity (Wildman–Crippen MR) is 83.0 cm³/mol. The van der Waals surface area contributed by atoms with Gasteiger partial charge in [-0.2, -0.15) is 0 Å². The number of amides is 1. The second-order valence-electron chi connectivity index (χ2n) is 5.45. The van der Waals surface area contributed by atoms with Gasteiger partial charge in [0.05, 0.1) is 4.92 Å². The average molecular weight is 334 g/mol. The molecule has 1 aliphatic rings. The Morgan fingerprint density at radius 2 is 2.19 bits per heavy atom. The van der Waals surface area contributed by atoms with Crippen LogP contribution in [0.3, 0.4) is 0 Å². The van der Waals surface area contributed by atoms with Crippen molar-refractivity contribution in [2.75, 3.05) is 19.6 Å². The molecule has 0 aliphatic carbocycles. The van der Waals surface area contributed by atoms with Gasteiger partial charge in [-0.15, -0.1) is 12.4 Å². The zero-order chi connectivity index (χ0) is 14.9. The zero-order valence-corrected chi connectivity index (χ0v) is 13.1. The number of rotatable bonds is 3. The minimum Gasteiger partial charge on any atom is -0.338 e. The summed E-state index contributed by atoms with van der Waals surface area (Å²) in [5.74, 6) is -0.243. The molecule has 1 aromatic rings. The number of non-ortho nitro benzene ring substituents is 1. The van der Waals surface area contributed by atoms with E-state index in [-0.39, 0.29) is 40.0 Å². The van der Waals surface area contributed by atoms with Crippen molar-refractivity contribution < 1.29 is 9.72 Å². The van der Waals surface area contributed by atoms with E-state index in [9.17, 15) is 14.9 Å². The van der Waals surface area contributed by atoms with Crippen LogP contribution >= 0.6 is 24.0 Å². The minimum absolute atomic E-state index is 0. The lowest BCUT2D eigenvalue weighted by molar-refractivity contribution is -0.384. The number of nitro benzene ring substituents is 1. The van der Waals surface area contributed by atoms with E-state index in [4.69, 9.17) is 17.3 Å². The van der Waals surface area contributed by atoms with E-state index >= 15 is 0 Å². The Balaban J connectivity index is 0.00000220. The van der Waals surface area contributed by atoms with Gasteiger partial charge in [-0.05, 0) is 24.4 Å². The quantitative estimate of drug-likeness (QED) is 0.679. The molecule has 1 atom stereocenters. The van der Waals surface area contributed by atoms with E-state index in [2.05, 4.69) is 0 Å². The molecule has 2 N–H and O–H groups in total. The first kappa shape index (κ1) is 17.7. The van der Waals surface area contributed by atoms with E-state index in [1.807, 2.05) is 6.92 Å². The third kappa shape index (κ3) is 3.84. The molecule has 1 heterocycles. The van der Waals surface area contributed by atoms with Crippen LogP contribution < -0.4 is 5.73 Å². The first-order valence-electron chi connectivity index (χ1n) is 6.29. The molecule has 0 aromatic heterocycles. The summed E-state index contributed by atoms with van der Waals surface area (Å²) in [4.78, 5) is 24.3. The van der Waals surface area contributed by atoms with Crippen LogP contribution in [0.4, 0.5) is 5.69 Å². The summed E-state index contributed by atoms with van der Waals surface area (Å²) in [6.45, 7) is 3.70.